The third-order valence-electron chi connectivity index (χ3n) is 5.12. The van der Waals surface area contributed by atoms with Crippen LogP contribution in [-0.2, 0) is 38.8 Å². The van der Waals surface area contributed by atoms with Crippen molar-refractivity contribution >= 4 is 0 Å². The zero-order valence-electron chi connectivity index (χ0n) is 19.2. The molecule has 0 aliphatic heterocycles. The second-order valence-corrected chi connectivity index (χ2v) is 7.56. The summed E-state index contributed by atoms with van der Waals surface area (Å²) in [6.07, 6.45) is -1.08. The molecule has 0 saturated heterocycles. The molecule has 5 nitrogen and oxygen atoms in total. The molecule has 0 heterocycles. The lowest BCUT2D eigenvalue weighted by Gasteiger charge is -2.26. The fourth-order valence-electron chi connectivity index (χ4n) is 3.31. The molecule has 2 atom stereocenters. The topological polar surface area (TPSA) is 57.2 Å². The molecule has 0 radical (unpaired) electrons. The summed E-state index contributed by atoms with van der Waals surface area (Å²) in [7, 11) is 1.43. The van der Waals surface area contributed by atoms with Crippen LogP contribution in [0.5, 0.6) is 0 Å². The van der Waals surface area contributed by atoms with Crippen LogP contribution < -0.4 is 0 Å². The lowest BCUT2D eigenvalue weighted by molar-refractivity contribution is -0.0951. The van der Waals surface area contributed by atoms with Gasteiger partial charge in [0.05, 0.1) is 6.61 Å². The SMILES string of the molecule is CCC(OCc1ccccc1)/C(OCc1ccccc1)=C(/OCc1ccccc1)C(O)OC. The Kier molecular flexibility index (Phi) is 9.98. The zero-order chi connectivity index (χ0) is 23.3. The largest absolute Gasteiger partial charge is 0.487 e. The Morgan fingerprint density at radius 2 is 1.09 bits per heavy atom. The Labute approximate surface area is 196 Å². The number of aliphatic hydroxyl groups excluding tert-OH is 1. The molecule has 3 aromatic carbocycles. The molecule has 0 fully saturated rings. The molecule has 174 valence electrons. The average Bonchev–Trinajstić information content (AvgIpc) is 2.88. The van der Waals surface area contributed by atoms with Gasteiger partial charge in [-0.05, 0) is 23.1 Å². The van der Waals surface area contributed by atoms with Gasteiger partial charge in [0.15, 0.2) is 11.5 Å². The molecular weight excluding hydrogens is 416 g/mol. The van der Waals surface area contributed by atoms with Gasteiger partial charge in [-0.2, -0.15) is 0 Å². The minimum absolute atomic E-state index is 0.220. The second-order valence-electron chi connectivity index (χ2n) is 7.56. The van der Waals surface area contributed by atoms with Crippen LogP contribution in [0.25, 0.3) is 0 Å². The van der Waals surface area contributed by atoms with Crippen molar-refractivity contribution in [3.05, 3.63) is 119 Å². The number of hydrogen-bond acceptors (Lipinski definition) is 5. The highest BCUT2D eigenvalue weighted by atomic mass is 16.6. The van der Waals surface area contributed by atoms with Crippen molar-refractivity contribution < 1.29 is 24.1 Å². The van der Waals surface area contributed by atoms with Crippen LogP contribution in [0.4, 0.5) is 0 Å². The predicted molar refractivity (Wildman–Crippen MR) is 128 cm³/mol. The van der Waals surface area contributed by atoms with E-state index in [1.807, 2.05) is 97.9 Å². The molecule has 1 N–H and O–H groups in total. The summed E-state index contributed by atoms with van der Waals surface area (Å²) in [5, 5.41) is 10.7. The van der Waals surface area contributed by atoms with Crippen molar-refractivity contribution in [2.45, 2.75) is 45.6 Å². The van der Waals surface area contributed by atoms with E-state index in [9.17, 15) is 5.11 Å². The van der Waals surface area contributed by atoms with Gasteiger partial charge < -0.3 is 24.1 Å². The molecule has 33 heavy (non-hydrogen) atoms. The Bertz CT molecular complexity index is 957. The van der Waals surface area contributed by atoms with Gasteiger partial charge in [0.2, 0.25) is 6.29 Å². The highest BCUT2D eigenvalue weighted by molar-refractivity contribution is 5.18. The van der Waals surface area contributed by atoms with Crippen molar-refractivity contribution in [3.8, 4) is 0 Å². The number of ether oxygens (including phenoxy) is 4. The van der Waals surface area contributed by atoms with Gasteiger partial charge in [0, 0.05) is 7.11 Å². The van der Waals surface area contributed by atoms with Crippen molar-refractivity contribution in [2.24, 2.45) is 0 Å². The van der Waals surface area contributed by atoms with Gasteiger partial charge in [-0.25, -0.2) is 0 Å². The maximum absolute atomic E-state index is 10.7. The minimum atomic E-state index is -1.28. The molecule has 3 rings (SSSR count). The Balaban J connectivity index is 1.87. The van der Waals surface area contributed by atoms with Crippen molar-refractivity contribution in [3.63, 3.8) is 0 Å². The summed E-state index contributed by atoms with van der Waals surface area (Å²) < 4.78 is 23.8. The van der Waals surface area contributed by atoms with E-state index in [1.54, 1.807) is 0 Å². The van der Waals surface area contributed by atoms with Crippen LogP contribution in [0.1, 0.15) is 30.0 Å². The lowest BCUT2D eigenvalue weighted by atomic mass is 10.1. The van der Waals surface area contributed by atoms with Gasteiger partial charge >= 0.3 is 0 Å². The highest BCUT2D eigenvalue weighted by Crippen LogP contribution is 2.25. The monoisotopic (exact) mass is 448 g/mol. The normalized spacial score (nSPS) is 13.7. The fourth-order valence-corrected chi connectivity index (χ4v) is 3.31. The summed E-state index contributed by atoms with van der Waals surface area (Å²) in [6, 6.07) is 29.6. The fraction of sp³-hybridized carbons (Fsp3) is 0.286. The minimum Gasteiger partial charge on any atom is -0.487 e. The van der Waals surface area contributed by atoms with Crippen LogP contribution >= 0.6 is 0 Å². The van der Waals surface area contributed by atoms with Gasteiger partial charge in [0.25, 0.3) is 0 Å². The number of rotatable bonds is 13. The average molecular weight is 449 g/mol. The molecule has 3 aromatic rings. The summed E-state index contributed by atoms with van der Waals surface area (Å²) in [6.45, 7) is 3.00. The third kappa shape index (κ3) is 7.75. The summed E-state index contributed by atoms with van der Waals surface area (Å²) in [5.74, 6) is 0.653. The first kappa shape index (κ1) is 24.5. The molecule has 0 aliphatic rings. The molecule has 0 spiro atoms. The van der Waals surface area contributed by atoms with E-state index in [1.165, 1.54) is 7.11 Å². The number of benzene rings is 3. The second kappa shape index (κ2) is 13.4. The van der Waals surface area contributed by atoms with E-state index in [-0.39, 0.29) is 12.4 Å². The summed E-state index contributed by atoms with van der Waals surface area (Å²) in [4.78, 5) is 0. The summed E-state index contributed by atoms with van der Waals surface area (Å²) in [5.41, 5.74) is 3.03. The van der Waals surface area contributed by atoms with Crippen LogP contribution in [-0.4, -0.2) is 24.6 Å². The molecule has 0 saturated carbocycles. The van der Waals surface area contributed by atoms with Crippen LogP contribution in [0.15, 0.2) is 103 Å². The van der Waals surface area contributed by atoms with Crippen LogP contribution in [0.3, 0.4) is 0 Å². The molecular formula is C28H32O5. The number of methoxy groups -OCH3 is 1. The Morgan fingerprint density at radius 1 is 0.667 bits per heavy atom. The van der Waals surface area contributed by atoms with Crippen LogP contribution in [0.2, 0.25) is 0 Å². The van der Waals surface area contributed by atoms with E-state index in [2.05, 4.69) is 0 Å². The van der Waals surface area contributed by atoms with Crippen LogP contribution in [0, 0.1) is 0 Å². The molecule has 0 aliphatic carbocycles. The first-order chi connectivity index (χ1) is 16.2. The molecule has 0 aromatic heterocycles. The third-order valence-corrected chi connectivity index (χ3v) is 5.12. The smallest absolute Gasteiger partial charge is 0.217 e. The Hall–Kier alpha value is -3.12. The van der Waals surface area contributed by atoms with E-state index >= 15 is 0 Å². The maximum Gasteiger partial charge on any atom is 0.217 e. The van der Waals surface area contributed by atoms with Gasteiger partial charge in [-0.3, -0.25) is 0 Å². The zero-order valence-corrected chi connectivity index (χ0v) is 19.2. The molecule has 0 bridgehead atoms. The van der Waals surface area contributed by atoms with Gasteiger partial charge in [-0.15, -0.1) is 0 Å². The lowest BCUT2D eigenvalue weighted by Crippen LogP contribution is -2.26. The standard InChI is InChI=1S/C28H32O5/c1-3-25(31-19-22-13-7-4-8-14-22)26(32-20-23-15-9-5-10-16-23)27(28(29)30-2)33-21-24-17-11-6-12-18-24/h4-18,25,28-29H,3,19-21H2,1-2H3/b27-26-. The van der Waals surface area contributed by atoms with E-state index in [4.69, 9.17) is 18.9 Å². The van der Waals surface area contributed by atoms with Crippen molar-refractivity contribution in [2.75, 3.05) is 7.11 Å². The maximum atomic E-state index is 10.7. The number of aliphatic hydroxyl groups is 1. The van der Waals surface area contributed by atoms with E-state index < -0.39 is 12.4 Å². The predicted octanol–water partition coefficient (Wildman–Crippen LogP) is 5.59. The molecule has 0 amide bonds. The van der Waals surface area contributed by atoms with E-state index in [0.29, 0.717) is 25.4 Å². The summed E-state index contributed by atoms with van der Waals surface area (Å²) >= 11 is 0. The first-order valence-electron chi connectivity index (χ1n) is 11.1. The Morgan fingerprint density at radius 3 is 1.52 bits per heavy atom. The molecule has 5 heteroatoms. The van der Waals surface area contributed by atoms with Gasteiger partial charge in [0.1, 0.15) is 19.3 Å². The molecule has 2 unspecified atom stereocenters. The highest BCUT2D eigenvalue weighted by Gasteiger charge is 2.27. The quantitative estimate of drug-likeness (QED) is 0.273. The van der Waals surface area contributed by atoms with Crippen molar-refractivity contribution in [1.82, 2.24) is 0 Å². The van der Waals surface area contributed by atoms with E-state index in [0.717, 1.165) is 16.7 Å². The number of hydrogen-bond donors (Lipinski definition) is 1. The van der Waals surface area contributed by atoms with Crippen molar-refractivity contribution in [1.29, 1.82) is 0 Å². The van der Waals surface area contributed by atoms with Gasteiger partial charge in [-0.1, -0.05) is 97.9 Å². The first-order valence-corrected chi connectivity index (χ1v) is 11.1.